The molecule has 1 aliphatic heterocycles. The first-order chi connectivity index (χ1) is 12.7. The topological polar surface area (TPSA) is 51.1 Å². The highest BCUT2D eigenvalue weighted by Gasteiger charge is 2.20. The van der Waals surface area contributed by atoms with Crippen LogP contribution in [0.4, 0.5) is 0 Å². The lowest BCUT2D eigenvalue weighted by molar-refractivity contribution is 0.177. The van der Waals surface area contributed by atoms with Gasteiger partial charge in [0.1, 0.15) is 11.8 Å². The summed E-state index contributed by atoms with van der Waals surface area (Å²) in [4.78, 5) is 6.10. The summed E-state index contributed by atoms with van der Waals surface area (Å²) in [6.45, 7) is 6.44. The molecule has 0 saturated carbocycles. The predicted octanol–water partition coefficient (Wildman–Crippen LogP) is 4.69. The minimum atomic E-state index is 0.263. The lowest BCUT2D eigenvalue weighted by atomic mass is 10.1. The second-order valence-electron chi connectivity index (χ2n) is 6.49. The van der Waals surface area contributed by atoms with Gasteiger partial charge in [0.15, 0.2) is 0 Å². The van der Waals surface area contributed by atoms with E-state index in [1.807, 2.05) is 18.2 Å². The molecule has 6 heteroatoms. The van der Waals surface area contributed by atoms with Gasteiger partial charge >= 0.3 is 0 Å². The molecule has 1 atom stereocenters. The van der Waals surface area contributed by atoms with Crippen LogP contribution in [0, 0.1) is 0 Å². The first-order valence-corrected chi connectivity index (χ1v) is 10.2. The van der Waals surface area contributed by atoms with E-state index in [4.69, 9.17) is 4.74 Å². The van der Waals surface area contributed by atoms with Crippen molar-refractivity contribution in [2.75, 3.05) is 20.1 Å². The lowest BCUT2D eigenvalue weighted by Crippen LogP contribution is -2.25. The van der Waals surface area contributed by atoms with Gasteiger partial charge in [0, 0.05) is 25.5 Å². The van der Waals surface area contributed by atoms with E-state index in [-0.39, 0.29) is 6.10 Å². The minimum absolute atomic E-state index is 0.263. The van der Waals surface area contributed by atoms with Crippen LogP contribution in [0.2, 0.25) is 0 Å². The summed E-state index contributed by atoms with van der Waals surface area (Å²) in [7, 11) is 2.14. The third kappa shape index (κ3) is 6.84. The van der Waals surface area contributed by atoms with Gasteiger partial charge in [-0.3, -0.25) is 4.98 Å². The molecule has 0 fully saturated rings. The monoisotopic (exact) mass is 374 g/mol. The number of ether oxygens (including phenoxy) is 1. The normalized spacial score (nSPS) is 15.6. The van der Waals surface area contributed by atoms with Crippen LogP contribution in [0.1, 0.15) is 51.6 Å². The highest BCUT2D eigenvalue weighted by Crippen LogP contribution is 2.28. The Hall–Kier alpha value is -1.79. The van der Waals surface area contributed by atoms with Gasteiger partial charge in [-0.2, -0.15) is 4.37 Å². The summed E-state index contributed by atoms with van der Waals surface area (Å²) in [6, 6.07) is 5.72. The molecule has 2 aromatic rings. The number of hydrogen-bond acceptors (Lipinski definition) is 6. The van der Waals surface area contributed by atoms with E-state index in [0.29, 0.717) is 0 Å². The van der Waals surface area contributed by atoms with E-state index >= 15 is 0 Å². The molecular formula is C20H30N4OS. The van der Waals surface area contributed by atoms with Crippen LogP contribution in [0.5, 0.6) is 5.88 Å². The quantitative estimate of drug-likeness (QED) is 0.704. The number of rotatable bonds is 7. The molecule has 3 rings (SSSR count). The molecule has 0 bridgehead atoms. The average Bonchev–Trinajstić information content (AvgIpc) is 3.15. The fourth-order valence-corrected chi connectivity index (χ4v) is 3.29. The second kappa shape index (κ2) is 11.8. The fourth-order valence-electron chi connectivity index (χ4n) is 2.77. The molecule has 0 amide bonds. The largest absolute Gasteiger partial charge is 0.472 e. The van der Waals surface area contributed by atoms with Gasteiger partial charge in [-0.25, -0.2) is 0 Å². The Kier molecular flexibility index (Phi) is 9.28. The first kappa shape index (κ1) is 20.5. The minimum Gasteiger partial charge on any atom is -0.472 e. The Bertz CT molecular complexity index is 618. The van der Waals surface area contributed by atoms with Crippen LogP contribution in [-0.4, -0.2) is 44.9 Å². The van der Waals surface area contributed by atoms with E-state index in [2.05, 4.69) is 45.6 Å². The van der Waals surface area contributed by atoms with Crippen molar-refractivity contribution < 1.29 is 4.74 Å². The molecule has 1 unspecified atom stereocenters. The number of pyridine rings is 1. The molecule has 142 valence electrons. The lowest BCUT2D eigenvalue weighted by Gasteiger charge is -2.23. The molecule has 3 heterocycles. The van der Waals surface area contributed by atoms with Gasteiger partial charge in [0.05, 0.1) is 11.7 Å². The van der Waals surface area contributed by atoms with Crippen molar-refractivity contribution in [3.8, 4) is 5.88 Å². The van der Waals surface area contributed by atoms with E-state index in [1.165, 1.54) is 30.1 Å². The Morgan fingerprint density at radius 3 is 2.58 bits per heavy atom. The highest BCUT2D eigenvalue weighted by atomic mass is 32.1. The van der Waals surface area contributed by atoms with Crippen LogP contribution in [-0.2, 0) is 0 Å². The Labute approximate surface area is 161 Å². The average molecular weight is 375 g/mol. The first-order valence-electron chi connectivity index (χ1n) is 9.46. The van der Waals surface area contributed by atoms with Crippen molar-refractivity contribution in [1.29, 1.82) is 0 Å². The molecule has 0 aromatic carbocycles. The molecular weight excluding hydrogens is 344 g/mol. The zero-order valence-corrected chi connectivity index (χ0v) is 16.9. The summed E-state index contributed by atoms with van der Waals surface area (Å²) >= 11 is 1.25. The SMILES string of the molecule is CCCCC(CC)Oc1nsnc1C1=CCCN(C)C1.c1ccncc1. The fraction of sp³-hybridized carbons (Fsp3) is 0.550. The predicted molar refractivity (Wildman–Crippen MR) is 108 cm³/mol. The van der Waals surface area contributed by atoms with Gasteiger partial charge < -0.3 is 9.64 Å². The van der Waals surface area contributed by atoms with Crippen LogP contribution < -0.4 is 4.74 Å². The van der Waals surface area contributed by atoms with Crippen LogP contribution >= 0.6 is 11.7 Å². The number of unbranched alkanes of at least 4 members (excludes halogenated alkanes) is 1. The zero-order chi connectivity index (χ0) is 18.6. The van der Waals surface area contributed by atoms with Crippen molar-refractivity contribution in [2.45, 2.75) is 52.1 Å². The van der Waals surface area contributed by atoms with Crippen LogP contribution in [0.25, 0.3) is 5.57 Å². The molecule has 0 aliphatic carbocycles. The summed E-state index contributed by atoms with van der Waals surface area (Å²) in [5.74, 6) is 0.736. The van der Waals surface area contributed by atoms with Gasteiger partial charge in [-0.15, -0.1) is 4.37 Å². The van der Waals surface area contributed by atoms with E-state index in [1.54, 1.807) is 12.4 Å². The van der Waals surface area contributed by atoms with Gasteiger partial charge in [-0.05, 0) is 44.0 Å². The van der Waals surface area contributed by atoms with Gasteiger partial charge in [-0.1, -0.05) is 38.8 Å². The van der Waals surface area contributed by atoms with E-state index in [0.717, 1.165) is 43.9 Å². The Balaban J connectivity index is 0.000000342. The molecule has 5 nitrogen and oxygen atoms in total. The maximum atomic E-state index is 6.10. The summed E-state index contributed by atoms with van der Waals surface area (Å²) in [6.07, 6.45) is 11.7. The molecule has 0 N–H and O–H groups in total. The van der Waals surface area contributed by atoms with Crippen LogP contribution in [0.15, 0.2) is 36.7 Å². The van der Waals surface area contributed by atoms with E-state index < -0.39 is 0 Å². The standard InChI is InChI=1S/C15H25N3OS.C5H5N/c1-4-6-9-13(5-2)19-15-14(16-20-17-15)12-8-7-10-18(3)11-12;1-2-4-6-5-3-1/h8,13H,4-7,9-11H2,1-3H3;1-5H. The summed E-state index contributed by atoms with van der Waals surface area (Å²) in [5.41, 5.74) is 2.21. The number of nitrogens with zero attached hydrogens (tertiary/aromatic N) is 4. The van der Waals surface area contributed by atoms with Crippen LogP contribution in [0.3, 0.4) is 0 Å². The smallest absolute Gasteiger partial charge is 0.253 e. The van der Waals surface area contributed by atoms with Crippen molar-refractivity contribution in [3.63, 3.8) is 0 Å². The number of aromatic nitrogens is 3. The molecule has 0 radical (unpaired) electrons. The number of hydrogen-bond donors (Lipinski definition) is 0. The Morgan fingerprint density at radius 2 is 2.00 bits per heavy atom. The summed E-state index contributed by atoms with van der Waals surface area (Å²) in [5, 5.41) is 0. The van der Waals surface area contributed by atoms with Crippen molar-refractivity contribution >= 4 is 17.3 Å². The highest BCUT2D eigenvalue weighted by molar-refractivity contribution is 6.99. The molecule has 2 aromatic heterocycles. The summed E-state index contributed by atoms with van der Waals surface area (Å²) < 4.78 is 14.9. The molecule has 1 aliphatic rings. The molecule has 26 heavy (non-hydrogen) atoms. The third-order valence-electron chi connectivity index (χ3n) is 4.28. The maximum Gasteiger partial charge on any atom is 0.253 e. The van der Waals surface area contributed by atoms with Crippen molar-refractivity contribution in [2.24, 2.45) is 0 Å². The van der Waals surface area contributed by atoms with Crippen molar-refractivity contribution in [3.05, 3.63) is 42.4 Å². The maximum absolute atomic E-state index is 6.10. The van der Waals surface area contributed by atoms with E-state index in [9.17, 15) is 0 Å². The van der Waals surface area contributed by atoms with Crippen molar-refractivity contribution in [1.82, 2.24) is 18.6 Å². The molecule has 0 saturated heterocycles. The Morgan fingerprint density at radius 1 is 1.19 bits per heavy atom. The zero-order valence-electron chi connectivity index (χ0n) is 16.1. The van der Waals surface area contributed by atoms with Gasteiger partial charge in [0.25, 0.3) is 5.88 Å². The third-order valence-corrected chi connectivity index (χ3v) is 4.80. The van der Waals surface area contributed by atoms with Gasteiger partial charge in [0.2, 0.25) is 0 Å². The molecule has 0 spiro atoms. The number of likely N-dealkylation sites (N-methyl/N-ethyl adjacent to an activating group) is 1. The second-order valence-corrected chi connectivity index (χ2v) is 7.02.